The maximum absolute atomic E-state index is 12.1. The van der Waals surface area contributed by atoms with Crippen molar-refractivity contribution in [2.45, 2.75) is 38.4 Å². The molecule has 2 aromatic rings. The number of aryl methyl sites for hydroxylation is 1. The van der Waals surface area contributed by atoms with Crippen molar-refractivity contribution in [1.29, 1.82) is 0 Å². The monoisotopic (exact) mass is 344 g/mol. The van der Waals surface area contributed by atoms with Crippen molar-refractivity contribution in [2.75, 3.05) is 0 Å². The van der Waals surface area contributed by atoms with Gasteiger partial charge in [0.05, 0.1) is 12.9 Å². The third-order valence-corrected chi connectivity index (χ3v) is 5.16. The highest BCUT2D eigenvalue weighted by molar-refractivity contribution is 7.89. The summed E-state index contributed by atoms with van der Waals surface area (Å²) >= 11 is 1.14. The fourth-order valence-corrected chi connectivity index (χ4v) is 3.57. The fraction of sp³-hybridized carbons (Fsp3) is 0.417. The molecular weight excluding hydrogens is 328 g/mol. The van der Waals surface area contributed by atoms with Gasteiger partial charge in [0.15, 0.2) is 10.7 Å². The van der Waals surface area contributed by atoms with E-state index in [4.69, 9.17) is 5.11 Å². The molecular formula is C12H16N4O4S2. The van der Waals surface area contributed by atoms with Crippen LogP contribution in [0, 0.1) is 6.92 Å². The number of nitrogens with zero attached hydrogens (tertiary/aromatic N) is 3. The predicted molar refractivity (Wildman–Crippen MR) is 80.4 cm³/mol. The molecule has 2 N–H and O–H groups in total. The summed E-state index contributed by atoms with van der Waals surface area (Å²) in [5.74, 6) is -1.13. The van der Waals surface area contributed by atoms with E-state index in [1.807, 2.05) is 13.8 Å². The van der Waals surface area contributed by atoms with Gasteiger partial charge in [-0.25, -0.2) is 27.9 Å². The molecule has 10 heteroatoms. The fourth-order valence-electron chi connectivity index (χ4n) is 1.69. The van der Waals surface area contributed by atoms with E-state index in [-0.39, 0.29) is 23.3 Å². The lowest BCUT2D eigenvalue weighted by atomic mass is 10.4. The van der Waals surface area contributed by atoms with Crippen molar-refractivity contribution in [3.8, 4) is 0 Å². The maximum atomic E-state index is 12.1. The quantitative estimate of drug-likeness (QED) is 0.819. The van der Waals surface area contributed by atoms with E-state index in [9.17, 15) is 13.2 Å². The summed E-state index contributed by atoms with van der Waals surface area (Å²) in [4.78, 5) is 19.2. The van der Waals surface area contributed by atoms with Crippen LogP contribution in [0.1, 0.15) is 40.3 Å². The number of imidazole rings is 1. The molecule has 2 heterocycles. The number of hydrogen-bond acceptors (Lipinski definition) is 6. The molecule has 0 amide bonds. The highest BCUT2D eigenvalue weighted by Crippen LogP contribution is 2.18. The Morgan fingerprint density at radius 3 is 2.68 bits per heavy atom. The minimum absolute atomic E-state index is 0.0525. The van der Waals surface area contributed by atoms with Gasteiger partial charge in [-0.1, -0.05) is 0 Å². The Bertz CT molecular complexity index is 792. The lowest BCUT2D eigenvalue weighted by molar-refractivity contribution is 0.0690. The summed E-state index contributed by atoms with van der Waals surface area (Å²) in [5.41, 5.74) is -0.0525. The SMILES string of the molecule is Cc1sc(CNS(=O)(=O)c2cn(C(C)C)cn2)nc1C(=O)O. The van der Waals surface area contributed by atoms with E-state index in [0.717, 1.165) is 11.3 Å². The van der Waals surface area contributed by atoms with Crippen LogP contribution in [0.2, 0.25) is 0 Å². The number of thiazole rings is 1. The standard InChI is InChI=1S/C12H16N4O4S2/c1-7(2)16-5-10(13-6-16)22(19,20)14-4-9-15-11(12(17)18)8(3)21-9/h5-7,14H,4H2,1-3H3,(H,17,18). The third-order valence-electron chi connectivity index (χ3n) is 2.91. The van der Waals surface area contributed by atoms with Crippen LogP contribution in [0.5, 0.6) is 0 Å². The van der Waals surface area contributed by atoms with Gasteiger partial charge in [0.25, 0.3) is 10.0 Å². The van der Waals surface area contributed by atoms with Crippen molar-refractivity contribution in [3.63, 3.8) is 0 Å². The zero-order valence-electron chi connectivity index (χ0n) is 12.3. The average Bonchev–Trinajstić information content (AvgIpc) is 3.03. The van der Waals surface area contributed by atoms with E-state index in [1.165, 1.54) is 12.5 Å². The molecule has 2 aromatic heterocycles. The first kappa shape index (κ1) is 16.6. The first-order valence-corrected chi connectivity index (χ1v) is 8.73. The van der Waals surface area contributed by atoms with E-state index < -0.39 is 16.0 Å². The number of nitrogens with one attached hydrogen (secondary N) is 1. The topological polar surface area (TPSA) is 114 Å². The Kier molecular flexibility index (Phi) is 4.63. The number of hydrogen-bond donors (Lipinski definition) is 2. The van der Waals surface area contributed by atoms with Crippen LogP contribution in [0.25, 0.3) is 0 Å². The minimum Gasteiger partial charge on any atom is -0.476 e. The minimum atomic E-state index is -3.76. The molecule has 22 heavy (non-hydrogen) atoms. The van der Waals surface area contributed by atoms with Crippen molar-refractivity contribution >= 4 is 27.3 Å². The molecule has 0 spiro atoms. The van der Waals surface area contributed by atoms with Crippen LogP contribution >= 0.6 is 11.3 Å². The van der Waals surface area contributed by atoms with Crippen molar-refractivity contribution < 1.29 is 18.3 Å². The van der Waals surface area contributed by atoms with Gasteiger partial charge < -0.3 is 9.67 Å². The number of sulfonamides is 1. The van der Waals surface area contributed by atoms with Gasteiger partial charge in [0, 0.05) is 17.1 Å². The summed E-state index contributed by atoms with van der Waals surface area (Å²) in [5, 5.41) is 9.25. The van der Waals surface area contributed by atoms with Crippen LogP contribution in [-0.4, -0.2) is 34.0 Å². The molecule has 8 nitrogen and oxygen atoms in total. The van der Waals surface area contributed by atoms with Crippen LogP contribution in [0.3, 0.4) is 0 Å². The number of aromatic carboxylic acids is 1. The largest absolute Gasteiger partial charge is 0.476 e. The van der Waals surface area contributed by atoms with Crippen molar-refractivity contribution in [2.24, 2.45) is 0 Å². The van der Waals surface area contributed by atoms with E-state index in [0.29, 0.717) is 9.88 Å². The van der Waals surface area contributed by atoms with Gasteiger partial charge in [0.1, 0.15) is 5.01 Å². The van der Waals surface area contributed by atoms with Crippen LogP contribution in [0.4, 0.5) is 0 Å². The zero-order chi connectivity index (χ0) is 16.5. The normalized spacial score (nSPS) is 12.0. The first-order valence-electron chi connectivity index (χ1n) is 6.43. The summed E-state index contributed by atoms with van der Waals surface area (Å²) in [6.07, 6.45) is 2.90. The smallest absolute Gasteiger partial charge is 0.355 e. The lowest BCUT2D eigenvalue weighted by Crippen LogP contribution is -2.23. The van der Waals surface area contributed by atoms with Gasteiger partial charge >= 0.3 is 5.97 Å². The number of carboxylic acid groups (broad SMARTS) is 1. The highest BCUT2D eigenvalue weighted by Gasteiger charge is 2.20. The molecule has 0 saturated carbocycles. The Labute approximate surface area is 131 Å². The predicted octanol–water partition coefficient (Wildman–Crippen LogP) is 1.41. The molecule has 0 aliphatic carbocycles. The molecule has 0 fully saturated rings. The van der Waals surface area contributed by atoms with Crippen LogP contribution in [0.15, 0.2) is 17.6 Å². The van der Waals surface area contributed by atoms with Gasteiger partial charge in [-0.05, 0) is 20.8 Å². The van der Waals surface area contributed by atoms with Crippen molar-refractivity contribution in [3.05, 3.63) is 28.1 Å². The second kappa shape index (κ2) is 6.15. The molecule has 120 valence electrons. The van der Waals surface area contributed by atoms with E-state index in [2.05, 4.69) is 14.7 Å². The van der Waals surface area contributed by atoms with E-state index in [1.54, 1.807) is 11.5 Å². The number of carbonyl (C=O) groups is 1. The summed E-state index contributed by atoms with van der Waals surface area (Å²) in [6.45, 7) is 5.38. The van der Waals surface area contributed by atoms with Crippen molar-refractivity contribution in [1.82, 2.24) is 19.3 Å². The van der Waals surface area contributed by atoms with Gasteiger partial charge in [0.2, 0.25) is 0 Å². The van der Waals surface area contributed by atoms with Gasteiger partial charge in [-0.2, -0.15) is 0 Å². The summed E-state index contributed by atoms with van der Waals surface area (Å²) in [6, 6.07) is 0.108. The van der Waals surface area contributed by atoms with E-state index >= 15 is 0 Å². The van der Waals surface area contributed by atoms with Crippen LogP contribution in [-0.2, 0) is 16.6 Å². The summed E-state index contributed by atoms with van der Waals surface area (Å²) < 4.78 is 28.3. The molecule has 0 aromatic carbocycles. The molecule has 0 bridgehead atoms. The molecule has 0 atom stereocenters. The summed E-state index contributed by atoms with van der Waals surface area (Å²) in [7, 11) is -3.76. The first-order chi connectivity index (χ1) is 10.2. The number of aromatic nitrogens is 3. The lowest BCUT2D eigenvalue weighted by Gasteiger charge is -2.04. The molecule has 0 aliphatic rings. The maximum Gasteiger partial charge on any atom is 0.355 e. The Balaban J connectivity index is 2.12. The molecule has 0 saturated heterocycles. The van der Waals surface area contributed by atoms with Gasteiger partial charge in [-0.3, -0.25) is 0 Å². The Morgan fingerprint density at radius 2 is 2.18 bits per heavy atom. The molecule has 0 unspecified atom stereocenters. The zero-order valence-corrected chi connectivity index (χ0v) is 13.9. The number of carboxylic acids is 1. The van der Waals surface area contributed by atoms with Crippen LogP contribution < -0.4 is 4.72 Å². The highest BCUT2D eigenvalue weighted by atomic mass is 32.2. The Morgan fingerprint density at radius 1 is 1.50 bits per heavy atom. The molecule has 0 radical (unpaired) electrons. The second-order valence-corrected chi connectivity index (χ2v) is 7.90. The molecule has 2 rings (SSSR count). The number of rotatable bonds is 6. The molecule has 0 aliphatic heterocycles. The van der Waals surface area contributed by atoms with Gasteiger partial charge in [-0.15, -0.1) is 11.3 Å². The third kappa shape index (κ3) is 3.51. The second-order valence-electron chi connectivity index (χ2n) is 4.89. The average molecular weight is 344 g/mol. The Hall–Kier alpha value is -1.78.